The molecule has 0 spiro atoms. The quantitative estimate of drug-likeness (QED) is 0.726. The summed E-state index contributed by atoms with van der Waals surface area (Å²) in [5.74, 6) is 0.0534. The SMILES string of the molecule is Nc1cncc(-c2ccc(-c3ccc4c(c3)CN(CCCO)C4=O)s2)c1. The summed E-state index contributed by atoms with van der Waals surface area (Å²) in [7, 11) is 0. The first-order valence-corrected chi connectivity index (χ1v) is 9.31. The Bertz CT molecular complexity index is 967. The number of hydrogen-bond donors (Lipinski definition) is 2. The maximum Gasteiger partial charge on any atom is 0.254 e. The lowest BCUT2D eigenvalue weighted by Gasteiger charge is -2.13. The molecular weight excluding hydrogens is 346 g/mol. The third kappa shape index (κ3) is 3.09. The molecule has 0 unspecified atom stereocenters. The van der Waals surface area contributed by atoms with Crippen LogP contribution in [0.25, 0.3) is 20.9 Å². The van der Waals surface area contributed by atoms with Crippen LogP contribution >= 0.6 is 11.3 Å². The van der Waals surface area contributed by atoms with Gasteiger partial charge in [0.05, 0.1) is 5.69 Å². The first-order chi connectivity index (χ1) is 12.7. The molecule has 26 heavy (non-hydrogen) atoms. The summed E-state index contributed by atoms with van der Waals surface area (Å²) < 4.78 is 0. The van der Waals surface area contributed by atoms with Gasteiger partial charge in [0.2, 0.25) is 0 Å². The molecule has 3 N–H and O–H groups in total. The summed E-state index contributed by atoms with van der Waals surface area (Å²) in [6.07, 6.45) is 4.06. The molecule has 1 aliphatic heterocycles. The third-order valence-electron chi connectivity index (χ3n) is 4.50. The van der Waals surface area contributed by atoms with Gasteiger partial charge in [0.25, 0.3) is 5.91 Å². The largest absolute Gasteiger partial charge is 0.397 e. The highest BCUT2D eigenvalue weighted by atomic mass is 32.1. The van der Waals surface area contributed by atoms with Gasteiger partial charge in [-0.1, -0.05) is 6.07 Å². The Kier molecular flexibility index (Phi) is 4.44. The molecule has 4 rings (SSSR count). The summed E-state index contributed by atoms with van der Waals surface area (Å²) in [6, 6.07) is 12.1. The van der Waals surface area contributed by atoms with Crippen LogP contribution in [0.1, 0.15) is 22.3 Å². The lowest BCUT2D eigenvalue weighted by Crippen LogP contribution is -2.25. The van der Waals surface area contributed by atoms with Crippen LogP contribution in [0.3, 0.4) is 0 Å². The summed E-state index contributed by atoms with van der Waals surface area (Å²) in [5, 5.41) is 8.99. The van der Waals surface area contributed by atoms with Crippen molar-refractivity contribution in [2.75, 3.05) is 18.9 Å². The van der Waals surface area contributed by atoms with Crippen LogP contribution < -0.4 is 5.73 Å². The first kappa shape index (κ1) is 16.8. The number of aromatic nitrogens is 1. The van der Waals surface area contributed by atoms with E-state index in [9.17, 15) is 4.79 Å². The molecule has 132 valence electrons. The number of pyridine rings is 1. The second-order valence-corrected chi connectivity index (χ2v) is 7.43. The number of benzene rings is 1. The highest BCUT2D eigenvalue weighted by Gasteiger charge is 2.27. The van der Waals surface area contributed by atoms with Crippen LogP contribution in [0.4, 0.5) is 5.69 Å². The van der Waals surface area contributed by atoms with Crippen molar-refractivity contribution in [2.45, 2.75) is 13.0 Å². The first-order valence-electron chi connectivity index (χ1n) is 8.50. The number of fused-ring (bicyclic) bond motifs is 1. The number of aliphatic hydroxyl groups is 1. The molecular formula is C20H19N3O2S. The van der Waals surface area contributed by atoms with Gasteiger partial charge in [-0.15, -0.1) is 11.3 Å². The van der Waals surface area contributed by atoms with E-state index in [4.69, 9.17) is 10.8 Å². The minimum atomic E-state index is 0.0534. The van der Waals surface area contributed by atoms with Gasteiger partial charge in [-0.05, 0) is 47.9 Å². The van der Waals surface area contributed by atoms with E-state index in [0.29, 0.717) is 25.2 Å². The van der Waals surface area contributed by atoms with E-state index < -0.39 is 0 Å². The Balaban J connectivity index is 1.60. The zero-order valence-corrected chi connectivity index (χ0v) is 15.0. The average Bonchev–Trinajstić information content (AvgIpc) is 3.25. The Labute approximate surface area is 155 Å². The predicted molar refractivity (Wildman–Crippen MR) is 104 cm³/mol. The van der Waals surface area contributed by atoms with E-state index in [-0.39, 0.29) is 12.5 Å². The van der Waals surface area contributed by atoms with Crippen molar-refractivity contribution >= 4 is 22.9 Å². The van der Waals surface area contributed by atoms with Crippen LogP contribution in [0.5, 0.6) is 0 Å². The molecule has 0 aliphatic carbocycles. The molecule has 6 heteroatoms. The van der Waals surface area contributed by atoms with E-state index in [0.717, 1.165) is 32.0 Å². The van der Waals surface area contributed by atoms with Gasteiger partial charge in [-0.3, -0.25) is 9.78 Å². The Morgan fingerprint density at radius 3 is 2.69 bits per heavy atom. The van der Waals surface area contributed by atoms with Crippen molar-refractivity contribution in [1.82, 2.24) is 9.88 Å². The number of amides is 1. The fourth-order valence-electron chi connectivity index (χ4n) is 3.22. The fourth-order valence-corrected chi connectivity index (χ4v) is 4.20. The number of carbonyl (C=O) groups is 1. The van der Waals surface area contributed by atoms with Crippen molar-refractivity contribution in [1.29, 1.82) is 0 Å². The monoisotopic (exact) mass is 365 g/mol. The minimum absolute atomic E-state index is 0.0534. The topological polar surface area (TPSA) is 79.4 Å². The number of nitrogens with zero attached hydrogens (tertiary/aromatic N) is 2. The highest BCUT2D eigenvalue weighted by Crippen LogP contribution is 2.36. The molecule has 0 fully saturated rings. The van der Waals surface area contributed by atoms with E-state index in [1.54, 1.807) is 22.4 Å². The standard InChI is InChI=1S/C20H19N3O2S/c21-16-9-14(10-22-11-16)19-5-4-18(26-19)13-2-3-17-15(8-13)12-23(20(17)25)6-1-7-24/h2-5,8-11,24H,1,6-7,12,21H2. The van der Waals surface area contributed by atoms with Crippen LogP contribution in [-0.4, -0.2) is 34.0 Å². The third-order valence-corrected chi connectivity index (χ3v) is 5.69. The number of nitrogens with two attached hydrogens (primary N) is 1. The maximum absolute atomic E-state index is 12.4. The number of hydrogen-bond acceptors (Lipinski definition) is 5. The van der Waals surface area contributed by atoms with E-state index in [1.807, 2.05) is 24.4 Å². The number of carbonyl (C=O) groups excluding carboxylic acids is 1. The molecule has 0 atom stereocenters. The van der Waals surface area contributed by atoms with E-state index in [2.05, 4.69) is 23.2 Å². The summed E-state index contributed by atoms with van der Waals surface area (Å²) in [6.45, 7) is 1.30. The lowest BCUT2D eigenvalue weighted by molar-refractivity contribution is 0.0768. The minimum Gasteiger partial charge on any atom is -0.397 e. The van der Waals surface area contributed by atoms with Crippen LogP contribution in [0, 0.1) is 0 Å². The van der Waals surface area contributed by atoms with Gasteiger partial charge in [-0.25, -0.2) is 0 Å². The number of nitrogen functional groups attached to an aromatic ring is 1. The Hall–Kier alpha value is -2.70. The molecule has 0 saturated heterocycles. The zero-order chi connectivity index (χ0) is 18.1. The van der Waals surface area contributed by atoms with Crippen LogP contribution in [0.2, 0.25) is 0 Å². The van der Waals surface area contributed by atoms with Crippen molar-refractivity contribution in [3.63, 3.8) is 0 Å². The summed E-state index contributed by atoms with van der Waals surface area (Å²) in [5.41, 5.74) is 10.4. The molecule has 1 aliphatic rings. The van der Waals surface area contributed by atoms with Gasteiger partial charge >= 0.3 is 0 Å². The smallest absolute Gasteiger partial charge is 0.254 e. The highest BCUT2D eigenvalue weighted by molar-refractivity contribution is 7.18. The molecule has 1 aromatic carbocycles. The molecule has 5 nitrogen and oxygen atoms in total. The number of thiophene rings is 1. The van der Waals surface area contributed by atoms with E-state index in [1.165, 1.54) is 0 Å². The molecule has 0 saturated carbocycles. The van der Waals surface area contributed by atoms with Crippen molar-refractivity contribution < 1.29 is 9.90 Å². The van der Waals surface area contributed by atoms with Gasteiger partial charge in [-0.2, -0.15) is 0 Å². The molecule has 3 heterocycles. The fraction of sp³-hybridized carbons (Fsp3) is 0.200. The van der Waals surface area contributed by atoms with Gasteiger partial charge in [0.15, 0.2) is 0 Å². The van der Waals surface area contributed by atoms with Crippen molar-refractivity contribution in [2.24, 2.45) is 0 Å². The molecule has 2 aromatic heterocycles. The lowest BCUT2D eigenvalue weighted by atomic mass is 10.1. The van der Waals surface area contributed by atoms with Crippen LogP contribution in [-0.2, 0) is 6.54 Å². The number of aliphatic hydroxyl groups excluding tert-OH is 1. The second kappa shape index (κ2) is 6.90. The van der Waals surface area contributed by atoms with Crippen LogP contribution in [0.15, 0.2) is 48.8 Å². The second-order valence-electron chi connectivity index (χ2n) is 6.35. The predicted octanol–water partition coefficient (Wildman–Crippen LogP) is 3.40. The Morgan fingerprint density at radius 1 is 1.12 bits per heavy atom. The van der Waals surface area contributed by atoms with Gasteiger partial charge < -0.3 is 15.7 Å². The summed E-state index contributed by atoms with van der Waals surface area (Å²) in [4.78, 5) is 20.6. The maximum atomic E-state index is 12.4. The number of rotatable bonds is 5. The van der Waals surface area contributed by atoms with Gasteiger partial charge in [0.1, 0.15) is 0 Å². The molecule has 3 aromatic rings. The molecule has 0 bridgehead atoms. The average molecular weight is 365 g/mol. The summed E-state index contributed by atoms with van der Waals surface area (Å²) >= 11 is 1.68. The van der Waals surface area contributed by atoms with Crippen molar-refractivity contribution in [3.8, 4) is 20.9 Å². The van der Waals surface area contributed by atoms with Gasteiger partial charge in [0, 0.05) is 53.0 Å². The Morgan fingerprint density at radius 2 is 1.92 bits per heavy atom. The van der Waals surface area contributed by atoms with E-state index >= 15 is 0 Å². The number of anilines is 1. The zero-order valence-electron chi connectivity index (χ0n) is 14.2. The normalized spacial score (nSPS) is 13.3. The molecule has 1 amide bonds. The van der Waals surface area contributed by atoms with Crippen molar-refractivity contribution in [3.05, 3.63) is 59.9 Å². The molecule has 0 radical (unpaired) electrons.